The van der Waals surface area contributed by atoms with Crippen LogP contribution in [0.5, 0.6) is 0 Å². The highest BCUT2D eigenvalue weighted by Crippen LogP contribution is 2.19. The van der Waals surface area contributed by atoms with E-state index in [1.54, 1.807) is 0 Å². The number of hydrogen-bond acceptors (Lipinski definition) is 0. The molecule has 0 aliphatic carbocycles. The van der Waals surface area contributed by atoms with Crippen molar-refractivity contribution in [2.24, 2.45) is 5.92 Å². The molecule has 0 unspecified atom stereocenters. The Hall–Kier alpha value is 0. The Labute approximate surface area is 193 Å². The summed E-state index contributed by atoms with van der Waals surface area (Å²) in [6.07, 6.45) is 38.3. The molecule has 0 N–H and O–H groups in total. The third kappa shape index (κ3) is 26.0. The van der Waals surface area contributed by atoms with E-state index >= 15 is 0 Å². The van der Waals surface area contributed by atoms with Crippen molar-refractivity contribution < 1.29 is 0 Å². The molecule has 0 aromatic carbocycles. The summed E-state index contributed by atoms with van der Waals surface area (Å²) in [6.45, 7) is 7.09. The molecule has 0 spiro atoms. The molecule has 0 saturated heterocycles. The number of hydrogen-bond donors (Lipinski definition) is 0. The average molecular weight is 423 g/mol. The van der Waals surface area contributed by atoms with Crippen molar-refractivity contribution in [1.29, 1.82) is 0 Å². The third-order valence-electron chi connectivity index (χ3n) is 7.10. The second kappa shape index (κ2) is 27.0. The standard InChI is InChI=1S/C30H62/c1-4-6-8-10-11-12-13-14-15-16-17-18-19-20-21-22-23-24-25-27-29-30(3)28-26-9-7-5-2/h30H,4-29H2,1-3H3/t30-/m1/s1. The summed E-state index contributed by atoms with van der Waals surface area (Å²) in [5, 5.41) is 0. The summed E-state index contributed by atoms with van der Waals surface area (Å²) in [6, 6.07) is 0. The molecule has 30 heavy (non-hydrogen) atoms. The molecule has 0 amide bonds. The van der Waals surface area contributed by atoms with Crippen LogP contribution in [0.4, 0.5) is 0 Å². The summed E-state index contributed by atoms with van der Waals surface area (Å²) in [4.78, 5) is 0. The van der Waals surface area contributed by atoms with Crippen molar-refractivity contribution in [1.82, 2.24) is 0 Å². The zero-order valence-corrected chi connectivity index (χ0v) is 22.0. The summed E-state index contributed by atoms with van der Waals surface area (Å²) in [5.41, 5.74) is 0. The highest BCUT2D eigenvalue weighted by Gasteiger charge is 2.02. The van der Waals surface area contributed by atoms with E-state index in [1.165, 1.54) is 167 Å². The lowest BCUT2D eigenvalue weighted by Gasteiger charge is -2.10. The Bertz CT molecular complexity index is 282. The monoisotopic (exact) mass is 422 g/mol. The first kappa shape index (κ1) is 30.0. The first-order valence-electron chi connectivity index (χ1n) is 14.8. The lowest BCUT2D eigenvalue weighted by Crippen LogP contribution is -1.95. The minimum absolute atomic E-state index is 0.970. The van der Waals surface area contributed by atoms with Crippen molar-refractivity contribution in [2.45, 2.75) is 188 Å². The van der Waals surface area contributed by atoms with E-state index in [0.29, 0.717) is 0 Å². The van der Waals surface area contributed by atoms with Crippen LogP contribution >= 0.6 is 0 Å². The van der Waals surface area contributed by atoms with Gasteiger partial charge in [0.2, 0.25) is 0 Å². The first-order chi connectivity index (χ1) is 14.8. The van der Waals surface area contributed by atoms with Crippen molar-refractivity contribution in [3.8, 4) is 0 Å². The minimum atomic E-state index is 0.970. The minimum Gasteiger partial charge on any atom is -0.0654 e. The Morgan fingerprint density at radius 2 is 0.500 bits per heavy atom. The van der Waals surface area contributed by atoms with E-state index in [9.17, 15) is 0 Å². The molecule has 0 saturated carbocycles. The Kier molecular flexibility index (Phi) is 27.0. The van der Waals surface area contributed by atoms with Gasteiger partial charge in [-0.05, 0) is 5.92 Å². The fourth-order valence-corrected chi connectivity index (χ4v) is 4.81. The SMILES string of the molecule is CCCCCCCCCCCCCCCCCCCCCC[C@H](C)CCCCCC. The Balaban J connectivity index is 3.06. The predicted molar refractivity (Wildman–Crippen MR) is 141 cm³/mol. The van der Waals surface area contributed by atoms with E-state index in [2.05, 4.69) is 20.8 Å². The third-order valence-corrected chi connectivity index (χ3v) is 7.10. The number of rotatable bonds is 26. The van der Waals surface area contributed by atoms with Crippen LogP contribution in [-0.2, 0) is 0 Å². The molecule has 0 bridgehead atoms. The van der Waals surface area contributed by atoms with Crippen LogP contribution in [0.15, 0.2) is 0 Å². The predicted octanol–water partition coefficient (Wildman–Crippen LogP) is 11.8. The van der Waals surface area contributed by atoms with E-state index in [-0.39, 0.29) is 0 Å². The fourth-order valence-electron chi connectivity index (χ4n) is 4.81. The maximum atomic E-state index is 2.47. The van der Waals surface area contributed by atoms with Crippen LogP contribution in [0, 0.1) is 5.92 Å². The second-order valence-corrected chi connectivity index (χ2v) is 10.5. The molecular formula is C30H62. The van der Waals surface area contributed by atoms with Crippen LogP contribution < -0.4 is 0 Å². The normalized spacial score (nSPS) is 12.5. The molecule has 0 fully saturated rings. The van der Waals surface area contributed by atoms with Gasteiger partial charge in [-0.25, -0.2) is 0 Å². The quantitative estimate of drug-likeness (QED) is 0.122. The van der Waals surface area contributed by atoms with Gasteiger partial charge in [-0.3, -0.25) is 0 Å². The summed E-state index contributed by atoms with van der Waals surface area (Å²) < 4.78 is 0. The van der Waals surface area contributed by atoms with Gasteiger partial charge >= 0.3 is 0 Å². The van der Waals surface area contributed by atoms with E-state index in [4.69, 9.17) is 0 Å². The Morgan fingerprint density at radius 3 is 0.767 bits per heavy atom. The van der Waals surface area contributed by atoms with Crippen LogP contribution in [0.25, 0.3) is 0 Å². The van der Waals surface area contributed by atoms with Crippen LogP contribution in [0.1, 0.15) is 188 Å². The largest absolute Gasteiger partial charge is 0.0654 e. The molecule has 0 heteroatoms. The van der Waals surface area contributed by atoms with Gasteiger partial charge in [-0.2, -0.15) is 0 Å². The molecule has 0 rings (SSSR count). The van der Waals surface area contributed by atoms with Gasteiger partial charge in [-0.15, -0.1) is 0 Å². The molecule has 0 aliphatic rings. The van der Waals surface area contributed by atoms with Crippen molar-refractivity contribution >= 4 is 0 Å². The molecule has 0 aliphatic heterocycles. The van der Waals surface area contributed by atoms with Crippen molar-refractivity contribution in [3.63, 3.8) is 0 Å². The first-order valence-corrected chi connectivity index (χ1v) is 14.8. The van der Waals surface area contributed by atoms with E-state index < -0.39 is 0 Å². The van der Waals surface area contributed by atoms with Crippen LogP contribution in [-0.4, -0.2) is 0 Å². The van der Waals surface area contributed by atoms with Gasteiger partial charge in [0.05, 0.1) is 0 Å². The number of unbranched alkanes of at least 4 members (excludes halogenated alkanes) is 22. The Morgan fingerprint density at radius 1 is 0.300 bits per heavy atom. The molecule has 0 nitrogen and oxygen atoms in total. The summed E-state index contributed by atoms with van der Waals surface area (Å²) in [5.74, 6) is 0.970. The van der Waals surface area contributed by atoms with E-state index in [0.717, 1.165) is 5.92 Å². The summed E-state index contributed by atoms with van der Waals surface area (Å²) in [7, 11) is 0. The van der Waals surface area contributed by atoms with Gasteiger partial charge in [0.15, 0.2) is 0 Å². The zero-order chi connectivity index (χ0) is 22.0. The zero-order valence-electron chi connectivity index (χ0n) is 22.0. The molecular weight excluding hydrogens is 360 g/mol. The molecule has 182 valence electrons. The molecule has 0 heterocycles. The van der Waals surface area contributed by atoms with Crippen molar-refractivity contribution in [3.05, 3.63) is 0 Å². The van der Waals surface area contributed by atoms with Crippen LogP contribution in [0.3, 0.4) is 0 Å². The maximum Gasteiger partial charge on any atom is -0.0443 e. The smallest absolute Gasteiger partial charge is 0.0443 e. The van der Waals surface area contributed by atoms with Gasteiger partial charge in [-0.1, -0.05) is 188 Å². The van der Waals surface area contributed by atoms with Gasteiger partial charge < -0.3 is 0 Å². The van der Waals surface area contributed by atoms with Gasteiger partial charge in [0.25, 0.3) is 0 Å². The molecule has 0 aromatic heterocycles. The molecule has 1 atom stereocenters. The fraction of sp³-hybridized carbons (Fsp3) is 1.00. The van der Waals surface area contributed by atoms with Gasteiger partial charge in [0, 0.05) is 0 Å². The lowest BCUT2D eigenvalue weighted by molar-refractivity contribution is 0.433. The molecule has 0 radical (unpaired) electrons. The van der Waals surface area contributed by atoms with Crippen molar-refractivity contribution in [2.75, 3.05) is 0 Å². The lowest BCUT2D eigenvalue weighted by atomic mass is 9.96. The molecule has 0 aromatic rings. The van der Waals surface area contributed by atoms with Gasteiger partial charge in [0.1, 0.15) is 0 Å². The highest BCUT2D eigenvalue weighted by atomic mass is 14.1. The topological polar surface area (TPSA) is 0 Å². The van der Waals surface area contributed by atoms with Crippen LogP contribution in [0.2, 0.25) is 0 Å². The summed E-state index contributed by atoms with van der Waals surface area (Å²) >= 11 is 0. The maximum absolute atomic E-state index is 2.47. The second-order valence-electron chi connectivity index (χ2n) is 10.5. The average Bonchev–Trinajstić information content (AvgIpc) is 2.75. The van der Waals surface area contributed by atoms with E-state index in [1.807, 2.05) is 0 Å². The highest BCUT2D eigenvalue weighted by molar-refractivity contribution is 4.56.